The Labute approximate surface area is 186 Å². The Balaban J connectivity index is 1.55. The van der Waals surface area contributed by atoms with E-state index in [1.807, 2.05) is 24.3 Å². The summed E-state index contributed by atoms with van der Waals surface area (Å²) in [6.45, 7) is 1.92. The molecule has 5 rings (SSSR count). The van der Waals surface area contributed by atoms with Gasteiger partial charge in [-0.1, -0.05) is 12.1 Å². The fourth-order valence-corrected chi connectivity index (χ4v) is 4.24. The zero-order valence-electron chi connectivity index (χ0n) is 18.4. The van der Waals surface area contributed by atoms with Crippen LogP contribution in [0, 0.1) is 5.82 Å². The molecule has 164 valence electrons. The molecule has 0 amide bonds. The maximum absolute atomic E-state index is 14.6. The second-order valence-electron chi connectivity index (χ2n) is 8.21. The lowest BCUT2D eigenvalue weighted by atomic mass is 10.1. The van der Waals surface area contributed by atoms with Crippen LogP contribution in [0.15, 0.2) is 54.9 Å². The van der Waals surface area contributed by atoms with Crippen LogP contribution in [0.1, 0.15) is 6.42 Å². The molecule has 0 N–H and O–H groups in total. The van der Waals surface area contributed by atoms with E-state index in [1.54, 1.807) is 29.2 Å². The molecule has 0 unspecified atom stereocenters. The highest BCUT2D eigenvalue weighted by molar-refractivity contribution is 5.84. The molecule has 1 atom stereocenters. The van der Waals surface area contributed by atoms with E-state index < -0.39 is 0 Å². The van der Waals surface area contributed by atoms with Crippen LogP contribution in [0.25, 0.3) is 28.0 Å². The minimum atomic E-state index is -0.383. The smallest absolute Gasteiger partial charge is 0.156 e. The van der Waals surface area contributed by atoms with Crippen LogP contribution in [0.3, 0.4) is 0 Å². The molecule has 0 aliphatic carbocycles. The number of aromatic nitrogens is 4. The van der Waals surface area contributed by atoms with Gasteiger partial charge in [0.25, 0.3) is 0 Å². The Morgan fingerprint density at radius 2 is 1.91 bits per heavy atom. The Kier molecular flexibility index (Phi) is 5.22. The van der Waals surface area contributed by atoms with Crippen molar-refractivity contribution in [2.75, 3.05) is 39.2 Å². The van der Waals surface area contributed by atoms with Crippen molar-refractivity contribution in [3.05, 3.63) is 60.7 Å². The van der Waals surface area contributed by atoms with E-state index in [0.717, 1.165) is 36.2 Å². The first-order valence-corrected chi connectivity index (χ1v) is 10.6. The summed E-state index contributed by atoms with van der Waals surface area (Å²) in [5.41, 5.74) is 1.62. The zero-order chi connectivity index (χ0) is 22.2. The molecule has 1 aliphatic rings. The highest BCUT2D eigenvalue weighted by Crippen LogP contribution is 2.33. The minimum Gasteiger partial charge on any atom is -0.496 e. The van der Waals surface area contributed by atoms with Gasteiger partial charge in [-0.25, -0.2) is 14.1 Å². The molecule has 0 radical (unpaired) electrons. The van der Waals surface area contributed by atoms with Crippen molar-refractivity contribution in [2.24, 2.45) is 0 Å². The van der Waals surface area contributed by atoms with E-state index in [-0.39, 0.29) is 5.82 Å². The van der Waals surface area contributed by atoms with Crippen molar-refractivity contribution < 1.29 is 9.13 Å². The number of halogens is 1. The lowest BCUT2D eigenvalue weighted by molar-refractivity contribution is 0.315. The molecule has 8 heteroatoms. The van der Waals surface area contributed by atoms with E-state index in [2.05, 4.69) is 34.0 Å². The Morgan fingerprint density at radius 3 is 2.69 bits per heavy atom. The van der Waals surface area contributed by atoms with Crippen LogP contribution in [0.5, 0.6) is 5.75 Å². The van der Waals surface area contributed by atoms with Gasteiger partial charge in [-0.2, -0.15) is 5.10 Å². The molecule has 32 heavy (non-hydrogen) atoms. The summed E-state index contributed by atoms with van der Waals surface area (Å²) < 4.78 is 21.8. The summed E-state index contributed by atoms with van der Waals surface area (Å²) in [6, 6.07) is 13.1. The molecule has 3 aromatic heterocycles. The van der Waals surface area contributed by atoms with Gasteiger partial charge in [0.1, 0.15) is 17.4 Å². The Morgan fingerprint density at radius 1 is 1.09 bits per heavy atom. The fourth-order valence-electron chi connectivity index (χ4n) is 4.24. The summed E-state index contributed by atoms with van der Waals surface area (Å²) in [5.74, 6) is 1.70. The van der Waals surface area contributed by atoms with Gasteiger partial charge in [0.2, 0.25) is 0 Å². The number of hydrogen-bond donors (Lipinski definition) is 0. The zero-order valence-corrected chi connectivity index (χ0v) is 18.4. The number of anilines is 1. The van der Waals surface area contributed by atoms with E-state index in [1.165, 1.54) is 13.2 Å². The van der Waals surface area contributed by atoms with Crippen molar-refractivity contribution in [3.63, 3.8) is 0 Å². The largest absolute Gasteiger partial charge is 0.496 e. The van der Waals surface area contributed by atoms with Crippen molar-refractivity contribution in [1.82, 2.24) is 24.6 Å². The second-order valence-corrected chi connectivity index (χ2v) is 8.21. The molecule has 4 aromatic rings. The molecule has 1 aliphatic heterocycles. The van der Waals surface area contributed by atoms with Gasteiger partial charge in [-0.05, 0) is 50.8 Å². The normalized spacial score (nSPS) is 16.3. The van der Waals surface area contributed by atoms with E-state index in [0.29, 0.717) is 28.9 Å². The summed E-state index contributed by atoms with van der Waals surface area (Å²) in [4.78, 5) is 13.9. The first-order valence-electron chi connectivity index (χ1n) is 10.6. The van der Waals surface area contributed by atoms with Crippen molar-refractivity contribution in [1.29, 1.82) is 0 Å². The summed E-state index contributed by atoms with van der Waals surface area (Å²) >= 11 is 0. The van der Waals surface area contributed by atoms with Crippen LogP contribution >= 0.6 is 0 Å². The predicted octanol–water partition coefficient (Wildman–Crippen LogP) is 3.77. The lowest BCUT2D eigenvalue weighted by Crippen LogP contribution is -2.31. The molecular formula is C24H25FN6O. The monoisotopic (exact) mass is 432 g/mol. The number of rotatable bonds is 5. The number of methoxy groups -OCH3 is 1. The van der Waals surface area contributed by atoms with E-state index in [9.17, 15) is 4.39 Å². The van der Waals surface area contributed by atoms with Gasteiger partial charge in [0.15, 0.2) is 5.82 Å². The molecule has 4 heterocycles. The first-order chi connectivity index (χ1) is 15.5. The summed E-state index contributed by atoms with van der Waals surface area (Å²) in [5, 5.41) is 5.39. The maximum atomic E-state index is 14.6. The summed E-state index contributed by atoms with van der Waals surface area (Å²) in [7, 11) is 5.75. The van der Waals surface area contributed by atoms with Crippen LogP contribution in [-0.4, -0.2) is 65.0 Å². The molecule has 1 fully saturated rings. The molecule has 1 aromatic carbocycles. The fraction of sp³-hybridized carbons (Fsp3) is 0.292. The number of likely N-dealkylation sites (N-methyl/N-ethyl adjacent to an activating group) is 1. The predicted molar refractivity (Wildman–Crippen MR) is 123 cm³/mol. The number of pyridine rings is 2. The number of hydrogen-bond acceptors (Lipinski definition) is 6. The molecule has 0 bridgehead atoms. The topological polar surface area (TPSA) is 59.3 Å². The van der Waals surface area contributed by atoms with Gasteiger partial charge in [0, 0.05) is 30.7 Å². The molecule has 0 saturated carbocycles. The molecule has 1 saturated heterocycles. The number of nitrogens with zero attached hydrogens (tertiary/aromatic N) is 6. The average molecular weight is 433 g/mol. The standard InChI is InChI=1S/C24H25FN6O/c1-29(2)17-10-11-30(15-17)22-8-5-9-23(28-22)31-20-12-19(26-13-16(20)14-27-31)24-18(25)6-4-7-21(24)32-3/h4-9,12-14,17H,10-11,15H2,1-3H3/t17-/m0/s1. The number of fused-ring (bicyclic) bond motifs is 1. The SMILES string of the molecule is COc1cccc(F)c1-c1cc2c(cn1)cnn2-c1cccc(N2CC[C@H](N(C)C)C2)n1. The van der Waals surface area contributed by atoms with E-state index >= 15 is 0 Å². The summed E-state index contributed by atoms with van der Waals surface area (Å²) in [6.07, 6.45) is 4.56. The van der Waals surface area contributed by atoms with Gasteiger partial charge in [-0.3, -0.25) is 4.98 Å². The molecule has 0 spiro atoms. The quantitative estimate of drug-likeness (QED) is 0.479. The lowest BCUT2D eigenvalue weighted by Gasteiger charge is -2.21. The third kappa shape index (κ3) is 3.56. The van der Waals surface area contributed by atoms with Crippen LogP contribution in [0.2, 0.25) is 0 Å². The molecular weight excluding hydrogens is 407 g/mol. The van der Waals surface area contributed by atoms with Gasteiger partial charge in [-0.15, -0.1) is 0 Å². The first kappa shape index (κ1) is 20.4. The third-order valence-electron chi connectivity index (χ3n) is 6.06. The van der Waals surface area contributed by atoms with Crippen LogP contribution < -0.4 is 9.64 Å². The Hall–Kier alpha value is -3.52. The van der Waals surface area contributed by atoms with Crippen molar-refractivity contribution >= 4 is 16.7 Å². The Bertz CT molecular complexity index is 1270. The average Bonchev–Trinajstić information content (AvgIpc) is 3.46. The van der Waals surface area contributed by atoms with E-state index in [4.69, 9.17) is 9.72 Å². The highest BCUT2D eigenvalue weighted by Gasteiger charge is 2.25. The van der Waals surface area contributed by atoms with Crippen LogP contribution in [-0.2, 0) is 0 Å². The van der Waals surface area contributed by atoms with Crippen molar-refractivity contribution in [3.8, 4) is 22.8 Å². The third-order valence-corrected chi connectivity index (χ3v) is 6.06. The van der Waals surface area contributed by atoms with Crippen LogP contribution in [0.4, 0.5) is 10.2 Å². The number of benzene rings is 1. The van der Waals surface area contributed by atoms with Crippen molar-refractivity contribution in [2.45, 2.75) is 12.5 Å². The highest BCUT2D eigenvalue weighted by atomic mass is 19.1. The maximum Gasteiger partial charge on any atom is 0.156 e. The van der Waals surface area contributed by atoms with Gasteiger partial charge in [0.05, 0.1) is 30.1 Å². The van der Waals surface area contributed by atoms with Gasteiger partial charge >= 0.3 is 0 Å². The second kappa shape index (κ2) is 8.20. The number of ether oxygens (including phenoxy) is 1. The van der Waals surface area contributed by atoms with Gasteiger partial charge < -0.3 is 14.5 Å². The minimum absolute atomic E-state index is 0.332. The molecule has 7 nitrogen and oxygen atoms in total.